The Balaban J connectivity index is 1.82. The Hall–Kier alpha value is -0.800. The molecule has 0 saturated heterocycles. The molecule has 100 valence electrons. The molecule has 1 aromatic carbocycles. The number of hydrogen-bond acceptors (Lipinski definition) is 2. The highest BCUT2D eigenvalue weighted by molar-refractivity contribution is 6.17. The summed E-state index contributed by atoms with van der Waals surface area (Å²) < 4.78 is 18.4. The molecule has 1 aromatic rings. The van der Waals surface area contributed by atoms with Gasteiger partial charge in [-0.05, 0) is 42.4 Å². The Morgan fingerprint density at radius 3 is 2.78 bits per heavy atom. The van der Waals surface area contributed by atoms with Gasteiger partial charge in [0.2, 0.25) is 0 Å². The van der Waals surface area contributed by atoms with Crippen molar-refractivity contribution < 1.29 is 9.13 Å². The van der Waals surface area contributed by atoms with Gasteiger partial charge >= 0.3 is 0 Å². The minimum absolute atomic E-state index is 0.291. The molecular formula is C14H19ClFNO. The largest absolute Gasteiger partial charge is 0.494 e. The number of rotatable bonds is 7. The van der Waals surface area contributed by atoms with Crippen molar-refractivity contribution in [1.82, 2.24) is 5.32 Å². The molecule has 18 heavy (non-hydrogen) atoms. The predicted octanol–water partition coefficient (Wildman–Crippen LogP) is 3.33. The smallest absolute Gasteiger partial charge is 0.165 e. The number of halogens is 2. The molecule has 1 fully saturated rings. The van der Waals surface area contributed by atoms with E-state index in [1.54, 1.807) is 6.07 Å². The van der Waals surface area contributed by atoms with Gasteiger partial charge < -0.3 is 10.1 Å². The fourth-order valence-electron chi connectivity index (χ4n) is 2.18. The van der Waals surface area contributed by atoms with Crippen LogP contribution in [0.15, 0.2) is 18.2 Å². The van der Waals surface area contributed by atoms with Crippen LogP contribution in [0.5, 0.6) is 5.75 Å². The number of nitrogens with one attached hydrogen (secondary N) is 1. The van der Waals surface area contributed by atoms with Crippen molar-refractivity contribution in [2.45, 2.75) is 25.8 Å². The highest BCUT2D eigenvalue weighted by atomic mass is 35.5. The maximum absolute atomic E-state index is 13.5. The zero-order valence-electron chi connectivity index (χ0n) is 10.6. The second-order valence-electron chi connectivity index (χ2n) is 5.01. The van der Waals surface area contributed by atoms with Crippen LogP contribution in [-0.4, -0.2) is 19.5 Å². The molecule has 0 aliphatic heterocycles. The van der Waals surface area contributed by atoms with Crippen LogP contribution in [0.2, 0.25) is 0 Å². The van der Waals surface area contributed by atoms with Crippen LogP contribution >= 0.6 is 11.6 Å². The van der Waals surface area contributed by atoms with Crippen molar-refractivity contribution in [2.24, 2.45) is 5.41 Å². The van der Waals surface area contributed by atoms with Gasteiger partial charge in [-0.3, -0.25) is 0 Å². The molecule has 0 bridgehead atoms. The minimum Gasteiger partial charge on any atom is -0.494 e. The van der Waals surface area contributed by atoms with Crippen LogP contribution in [0.1, 0.15) is 24.8 Å². The van der Waals surface area contributed by atoms with Gasteiger partial charge in [-0.15, -0.1) is 11.6 Å². The molecule has 0 amide bonds. The lowest BCUT2D eigenvalue weighted by atomic mass is 10.0. The number of benzene rings is 1. The quantitative estimate of drug-likeness (QED) is 0.768. The first-order valence-electron chi connectivity index (χ1n) is 6.28. The molecule has 1 aliphatic carbocycles. The molecule has 0 unspecified atom stereocenters. The van der Waals surface area contributed by atoms with E-state index in [0.29, 0.717) is 17.7 Å². The summed E-state index contributed by atoms with van der Waals surface area (Å²) in [5, 5.41) is 3.39. The van der Waals surface area contributed by atoms with Crippen molar-refractivity contribution in [1.29, 1.82) is 0 Å². The summed E-state index contributed by atoms with van der Waals surface area (Å²) >= 11 is 5.78. The fraction of sp³-hybridized carbons (Fsp3) is 0.571. The van der Waals surface area contributed by atoms with Gasteiger partial charge in [-0.1, -0.05) is 6.07 Å². The van der Waals surface area contributed by atoms with Gasteiger partial charge in [0, 0.05) is 19.0 Å². The number of hydrogen-bond donors (Lipinski definition) is 1. The summed E-state index contributed by atoms with van der Waals surface area (Å²) in [6.07, 6.45) is 3.58. The van der Waals surface area contributed by atoms with E-state index < -0.39 is 0 Å². The van der Waals surface area contributed by atoms with Crippen LogP contribution in [0.4, 0.5) is 4.39 Å². The Labute approximate surface area is 112 Å². The summed E-state index contributed by atoms with van der Waals surface area (Å²) in [5.41, 5.74) is 1.35. The van der Waals surface area contributed by atoms with E-state index in [9.17, 15) is 4.39 Å². The number of alkyl halides is 1. The van der Waals surface area contributed by atoms with Gasteiger partial charge in [0.25, 0.3) is 0 Å². The maximum atomic E-state index is 13.5. The van der Waals surface area contributed by atoms with Crippen LogP contribution in [-0.2, 0) is 6.54 Å². The van der Waals surface area contributed by atoms with Gasteiger partial charge in [0.1, 0.15) is 0 Å². The van der Waals surface area contributed by atoms with E-state index >= 15 is 0 Å². The van der Waals surface area contributed by atoms with Gasteiger partial charge in [-0.25, -0.2) is 4.39 Å². The molecule has 1 saturated carbocycles. The molecule has 2 rings (SSSR count). The predicted molar refractivity (Wildman–Crippen MR) is 71.7 cm³/mol. The third-order valence-corrected chi connectivity index (χ3v) is 3.82. The summed E-state index contributed by atoms with van der Waals surface area (Å²) in [7, 11) is 1.47. The zero-order valence-corrected chi connectivity index (χ0v) is 11.4. The molecule has 4 heteroatoms. The van der Waals surface area contributed by atoms with Crippen molar-refractivity contribution in [2.75, 3.05) is 19.5 Å². The monoisotopic (exact) mass is 271 g/mol. The van der Waals surface area contributed by atoms with Crippen LogP contribution in [0, 0.1) is 11.2 Å². The normalized spacial score (nSPS) is 16.6. The average molecular weight is 272 g/mol. The summed E-state index contributed by atoms with van der Waals surface area (Å²) in [6.45, 7) is 1.65. The van der Waals surface area contributed by atoms with Gasteiger partial charge in [-0.2, -0.15) is 0 Å². The summed E-state index contributed by atoms with van der Waals surface area (Å²) in [6, 6.07) is 5.07. The third-order valence-electron chi connectivity index (χ3n) is 3.63. The van der Waals surface area contributed by atoms with Crippen molar-refractivity contribution in [3.63, 3.8) is 0 Å². The Bertz CT molecular complexity index is 407. The molecular weight excluding hydrogens is 253 g/mol. The highest BCUT2D eigenvalue weighted by Crippen LogP contribution is 2.48. The first-order valence-corrected chi connectivity index (χ1v) is 6.82. The maximum Gasteiger partial charge on any atom is 0.165 e. The molecule has 0 radical (unpaired) electrons. The Morgan fingerprint density at radius 1 is 1.44 bits per heavy atom. The lowest BCUT2D eigenvalue weighted by Crippen LogP contribution is -2.24. The second-order valence-corrected chi connectivity index (χ2v) is 5.39. The fourth-order valence-corrected chi connectivity index (χ4v) is 2.59. The van der Waals surface area contributed by atoms with E-state index in [4.69, 9.17) is 16.3 Å². The molecule has 0 aromatic heterocycles. The van der Waals surface area contributed by atoms with E-state index in [0.717, 1.165) is 24.4 Å². The van der Waals surface area contributed by atoms with Crippen LogP contribution < -0.4 is 10.1 Å². The Morgan fingerprint density at radius 2 is 2.22 bits per heavy atom. The number of methoxy groups -OCH3 is 1. The van der Waals surface area contributed by atoms with Crippen molar-refractivity contribution in [3.05, 3.63) is 29.6 Å². The highest BCUT2D eigenvalue weighted by Gasteiger charge is 2.40. The molecule has 0 spiro atoms. The molecule has 1 N–H and O–H groups in total. The SMILES string of the molecule is COc1ccc(CNCC2(CCCl)CC2)cc1F. The Kier molecular flexibility index (Phi) is 4.46. The van der Waals surface area contributed by atoms with E-state index in [2.05, 4.69) is 5.32 Å². The average Bonchev–Trinajstić information content (AvgIpc) is 3.10. The van der Waals surface area contributed by atoms with Gasteiger partial charge in [0.15, 0.2) is 11.6 Å². The summed E-state index contributed by atoms with van der Waals surface area (Å²) in [4.78, 5) is 0. The zero-order chi connectivity index (χ0) is 13.0. The number of ether oxygens (including phenoxy) is 1. The second kappa shape index (κ2) is 5.89. The van der Waals surface area contributed by atoms with Gasteiger partial charge in [0.05, 0.1) is 7.11 Å². The van der Waals surface area contributed by atoms with Crippen molar-refractivity contribution >= 4 is 11.6 Å². The van der Waals surface area contributed by atoms with Crippen molar-refractivity contribution in [3.8, 4) is 5.75 Å². The standard InChI is InChI=1S/C14H19ClFNO/c1-18-13-3-2-11(8-12(13)16)9-17-10-14(4-5-14)6-7-15/h2-3,8,17H,4-7,9-10H2,1H3. The summed E-state index contributed by atoms with van der Waals surface area (Å²) in [5.74, 6) is 0.706. The molecule has 0 atom stereocenters. The van der Waals surface area contributed by atoms with Crippen LogP contribution in [0.3, 0.4) is 0 Å². The third kappa shape index (κ3) is 3.36. The topological polar surface area (TPSA) is 21.3 Å². The van der Waals surface area contributed by atoms with Crippen LogP contribution in [0.25, 0.3) is 0 Å². The first kappa shape index (κ1) is 13.6. The van der Waals surface area contributed by atoms with E-state index in [1.165, 1.54) is 26.0 Å². The lowest BCUT2D eigenvalue weighted by molar-refractivity contribution is 0.385. The molecule has 1 aliphatic rings. The molecule has 2 nitrogen and oxygen atoms in total. The lowest BCUT2D eigenvalue weighted by Gasteiger charge is -2.14. The minimum atomic E-state index is -0.307. The first-order chi connectivity index (χ1) is 8.69. The molecule has 0 heterocycles. The van der Waals surface area contributed by atoms with E-state index in [1.807, 2.05) is 6.07 Å². The van der Waals surface area contributed by atoms with E-state index in [-0.39, 0.29) is 5.82 Å².